The first-order chi connectivity index (χ1) is 10.6. The summed E-state index contributed by atoms with van der Waals surface area (Å²) in [6, 6.07) is 3.32. The minimum atomic E-state index is -0.339. The fourth-order valence-electron chi connectivity index (χ4n) is 1.97. The number of halogens is 1. The molecule has 0 spiro atoms. The zero-order valence-corrected chi connectivity index (χ0v) is 15.5. The standard InChI is InChI=1S/C16H23ClN2O3S/c1-5-19(10-14(21)18-16(2,3)4)15(22)9-6-11(20)12-7-8-13(17)23-12/h7-8H,5-6,9-10H2,1-4H3,(H,18,21). The van der Waals surface area contributed by atoms with Crippen LogP contribution in [0.1, 0.15) is 50.2 Å². The van der Waals surface area contributed by atoms with Gasteiger partial charge in [-0.2, -0.15) is 0 Å². The topological polar surface area (TPSA) is 66.5 Å². The summed E-state index contributed by atoms with van der Waals surface area (Å²) >= 11 is 7.00. The second kappa shape index (κ2) is 8.45. The van der Waals surface area contributed by atoms with Crippen molar-refractivity contribution in [1.29, 1.82) is 0 Å². The van der Waals surface area contributed by atoms with E-state index in [1.54, 1.807) is 12.1 Å². The summed E-state index contributed by atoms with van der Waals surface area (Å²) in [6.07, 6.45) is 0.206. The first-order valence-electron chi connectivity index (χ1n) is 7.49. The van der Waals surface area contributed by atoms with E-state index in [2.05, 4.69) is 5.32 Å². The molecule has 0 aliphatic heterocycles. The Hall–Kier alpha value is -1.40. The molecular weight excluding hydrogens is 336 g/mol. The van der Waals surface area contributed by atoms with Crippen molar-refractivity contribution in [3.63, 3.8) is 0 Å². The molecule has 1 aromatic rings. The molecule has 1 N–H and O–H groups in total. The van der Waals surface area contributed by atoms with Crippen LogP contribution < -0.4 is 5.32 Å². The largest absolute Gasteiger partial charge is 0.350 e. The predicted octanol–water partition coefficient (Wildman–Crippen LogP) is 3.13. The Morgan fingerprint density at radius 1 is 1.22 bits per heavy atom. The van der Waals surface area contributed by atoms with E-state index in [1.807, 2.05) is 27.7 Å². The van der Waals surface area contributed by atoms with Crippen LogP contribution in [0.4, 0.5) is 0 Å². The molecule has 0 aliphatic carbocycles. The van der Waals surface area contributed by atoms with Crippen molar-refractivity contribution in [1.82, 2.24) is 10.2 Å². The summed E-state index contributed by atoms with van der Waals surface area (Å²) < 4.78 is 0.550. The highest BCUT2D eigenvalue weighted by Gasteiger charge is 2.20. The van der Waals surface area contributed by atoms with Crippen LogP contribution in [-0.4, -0.2) is 41.1 Å². The molecule has 7 heteroatoms. The fraction of sp³-hybridized carbons (Fsp3) is 0.562. The van der Waals surface area contributed by atoms with E-state index >= 15 is 0 Å². The van der Waals surface area contributed by atoms with E-state index in [4.69, 9.17) is 11.6 Å². The molecule has 2 amide bonds. The number of carbonyl (C=O) groups is 3. The minimum Gasteiger partial charge on any atom is -0.350 e. The van der Waals surface area contributed by atoms with E-state index in [1.165, 1.54) is 16.2 Å². The number of likely N-dealkylation sites (N-methyl/N-ethyl adjacent to an activating group) is 1. The van der Waals surface area contributed by atoms with Gasteiger partial charge in [0.05, 0.1) is 15.8 Å². The molecule has 23 heavy (non-hydrogen) atoms. The van der Waals surface area contributed by atoms with Crippen molar-refractivity contribution in [2.75, 3.05) is 13.1 Å². The number of amides is 2. The summed E-state index contributed by atoms with van der Waals surface area (Å²) in [5, 5.41) is 2.82. The van der Waals surface area contributed by atoms with Crippen molar-refractivity contribution in [2.45, 2.75) is 46.1 Å². The van der Waals surface area contributed by atoms with Gasteiger partial charge in [0, 0.05) is 24.9 Å². The maximum atomic E-state index is 12.2. The smallest absolute Gasteiger partial charge is 0.240 e. The number of rotatable bonds is 7. The molecule has 0 aliphatic rings. The molecule has 1 heterocycles. The van der Waals surface area contributed by atoms with Gasteiger partial charge in [-0.1, -0.05) is 11.6 Å². The van der Waals surface area contributed by atoms with E-state index in [9.17, 15) is 14.4 Å². The Kier molecular flexibility index (Phi) is 7.22. The average Bonchev–Trinajstić information content (AvgIpc) is 2.86. The maximum absolute atomic E-state index is 12.2. The third kappa shape index (κ3) is 7.14. The lowest BCUT2D eigenvalue weighted by Crippen LogP contribution is -2.47. The predicted molar refractivity (Wildman–Crippen MR) is 93.0 cm³/mol. The first-order valence-corrected chi connectivity index (χ1v) is 8.69. The van der Waals surface area contributed by atoms with E-state index in [0.29, 0.717) is 15.8 Å². The Bertz CT molecular complexity index is 578. The van der Waals surface area contributed by atoms with Crippen LogP contribution in [0, 0.1) is 0 Å². The average molecular weight is 359 g/mol. The van der Waals surface area contributed by atoms with Crippen LogP contribution >= 0.6 is 22.9 Å². The Labute approximate surface area is 146 Å². The number of carbonyl (C=O) groups excluding carboxylic acids is 3. The van der Waals surface area contributed by atoms with Crippen molar-refractivity contribution < 1.29 is 14.4 Å². The Morgan fingerprint density at radius 2 is 1.87 bits per heavy atom. The highest BCUT2D eigenvalue weighted by atomic mass is 35.5. The maximum Gasteiger partial charge on any atom is 0.240 e. The van der Waals surface area contributed by atoms with Crippen molar-refractivity contribution in [3.05, 3.63) is 21.3 Å². The zero-order valence-electron chi connectivity index (χ0n) is 13.9. The van der Waals surface area contributed by atoms with Crippen LogP contribution in [0.5, 0.6) is 0 Å². The van der Waals surface area contributed by atoms with Gasteiger partial charge >= 0.3 is 0 Å². The third-order valence-electron chi connectivity index (χ3n) is 3.00. The molecule has 1 rings (SSSR count). The van der Waals surface area contributed by atoms with E-state index in [0.717, 1.165) is 0 Å². The first kappa shape index (κ1) is 19.6. The zero-order chi connectivity index (χ0) is 17.6. The molecule has 0 fully saturated rings. The number of ketones is 1. The molecule has 0 radical (unpaired) electrons. The van der Waals surface area contributed by atoms with Crippen molar-refractivity contribution in [2.24, 2.45) is 0 Å². The summed E-state index contributed by atoms with van der Waals surface area (Å²) in [6.45, 7) is 7.89. The lowest BCUT2D eigenvalue weighted by molar-refractivity contribution is -0.136. The van der Waals surface area contributed by atoms with Gasteiger partial charge in [-0.25, -0.2) is 0 Å². The van der Waals surface area contributed by atoms with E-state index < -0.39 is 0 Å². The number of hydrogen-bond donors (Lipinski definition) is 1. The van der Waals surface area contributed by atoms with Crippen LogP contribution in [0.15, 0.2) is 12.1 Å². The van der Waals surface area contributed by atoms with Crippen molar-refractivity contribution >= 4 is 40.5 Å². The van der Waals surface area contributed by atoms with Crippen molar-refractivity contribution in [3.8, 4) is 0 Å². The van der Waals surface area contributed by atoms with Gasteiger partial charge < -0.3 is 10.2 Å². The molecule has 5 nitrogen and oxygen atoms in total. The summed E-state index contributed by atoms with van der Waals surface area (Å²) in [5.41, 5.74) is -0.339. The summed E-state index contributed by atoms with van der Waals surface area (Å²) in [5.74, 6) is -0.512. The second-order valence-corrected chi connectivity index (χ2v) is 7.95. The van der Waals surface area contributed by atoms with Gasteiger partial charge in [-0.15, -0.1) is 11.3 Å². The Balaban J connectivity index is 2.50. The third-order valence-corrected chi connectivity index (χ3v) is 4.27. The SMILES string of the molecule is CCN(CC(=O)NC(C)(C)C)C(=O)CCC(=O)c1ccc(Cl)s1. The molecular formula is C16H23ClN2O3S. The summed E-state index contributed by atoms with van der Waals surface area (Å²) in [7, 11) is 0. The number of Topliss-reactive ketones (excluding diaryl/α,β-unsaturated/α-hetero) is 1. The monoisotopic (exact) mass is 358 g/mol. The van der Waals surface area contributed by atoms with Gasteiger partial charge in [-0.3, -0.25) is 14.4 Å². The molecule has 0 bridgehead atoms. The highest BCUT2D eigenvalue weighted by molar-refractivity contribution is 7.18. The molecule has 0 saturated heterocycles. The molecule has 128 valence electrons. The van der Waals surface area contributed by atoms with Crippen LogP contribution in [-0.2, 0) is 9.59 Å². The van der Waals surface area contributed by atoms with Crippen LogP contribution in [0.25, 0.3) is 0 Å². The lowest BCUT2D eigenvalue weighted by Gasteiger charge is -2.25. The number of nitrogens with zero attached hydrogens (tertiary/aromatic N) is 1. The van der Waals surface area contributed by atoms with Gasteiger partial charge in [0.25, 0.3) is 0 Å². The lowest BCUT2D eigenvalue weighted by atomic mass is 10.1. The molecule has 1 aromatic heterocycles. The number of hydrogen-bond acceptors (Lipinski definition) is 4. The molecule has 0 unspecified atom stereocenters. The number of thiophene rings is 1. The van der Waals surface area contributed by atoms with Gasteiger partial charge in [0.1, 0.15) is 0 Å². The normalized spacial score (nSPS) is 11.2. The molecule has 0 saturated carbocycles. The van der Waals surface area contributed by atoms with E-state index in [-0.39, 0.29) is 42.5 Å². The fourth-order valence-corrected chi connectivity index (χ4v) is 2.98. The minimum absolute atomic E-state index is 0.00558. The Morgan fingerprint density at radius 3 is 2.35 bits per heavy atom. The van der Waals surface area contributed by atoms with Gasteiger partial charge in [0.15, 0.2) is 5.78 Å². The van der Waals surface area contributed by atoms with Crippen LogP contribution in [0.3, 0.4) is 0 Å². The number of nitrogens with one attached hydrogen (secondary N) is 1. The highest BCUT2D eigenvalue weighted by Crippen LogP contribution is 2.23. The summed E-state index contributed by atoms with van der Waals surface area (Å²) in [4.78, 5) is 38.1. The van der Waals surface area contributed by atoms with Gasteiger partial charge in [-0.05, 0) is 39.8 Å². The van der Waals surface area contributed by atoms with Crippen LogP contribution in [0.2, 0.25) is 4.34 Å². The second-order valence-electron chi connectivity index (χ2n) is 6.23. The molecule has 0 atom stereocenters. The van der Waals surface area contributed by atoms with Gasteiger partial charge in [0.2, 0.25) is 11.8 Å². The molecule has 0 aromatic carbocycles. The quantitative estimate of drug-likeness (QED) is 0.761.